The van der Waals surface area contributed by atoms with Crippen LogP contribution < -0.4 is 9.47 Å². The zero-order valence-electron chi connectivity index (χ0n) is 22.2. The zero-order valence-corrected chi connectivity index (χ0v) is 22.2. The Morgan fingerprint density at radius 3 is 2.15 bits per heavy atom. The van der Waals surface area contributed by atoms with Gasteiger partial charge in [0.05, 0.1) is 45.6 Å². The number of nitrogens with zero attached hydrogens (tertiary/aromatic N) is 3. The van der Waals surface area contributed by atoms with Crippen LogP contribution in [0.2, 0.25) is 0 Å². The Kier molecular flexibility index (Phi) is 11.1. The molecule has 0 spiro atoms. The van der Waals surface area contributed by atoms with E-state index in [1.807, 2.05) is 50.5 Å². The van der Waals surface area contributed by atoms with Gasteiger partial charge in [0, 0.05) is 31.9 Å². The fraction of sp³-hybridized carbons (Fsp3) is 0.385. The lowest BCUT2D eigenvalue weighted by Gasteiger charge is -2.23. The first-order valence-corrected chi connectivity index (χ1v) is 11.7. The van der Waals surface area contributed by atoms with E-state index in [0.29, 0.717) is 13.1 Å². The molecule has 0 unspecified atom stereocenters. The van der Waals surface area contributed by atoms with Crippen molar-refractivity contribution in [1.82, 2.24) is 14.5 Å². The highest BCUT2D eigenvalue weighted by molar-refractivity contribution is 5.88. The number of aryl methyl sites for hydroxylation is 1. The second kappa shape index (κ2) is 14.0. The van der Waals surface area contributed by atoms with E-state index in [2.05, 4.69) is 14.5 Å². The van der Waals surface area contributed by atoms with Gasteiger partial charge in [-0.1, -0.05) is 0 Å². The Labute approximate surface area is 224 Å². The molecule has 3 aromatic rings. The first-order valence-electron chi connectivity index (χ1n) is 11.7. The van der Waals surface area contributed by atoms with Gasteiger partial charge in [-0.25, -0.2) is 9.78 Å². The molecule has 0 saturated carbocycles. The lowest BCUT2D eigenvalue weighted by molar-refractivity contribution is -0.170. The minimum atomic E-state index is -2.74. The summed E-state index contributed by atoms with van der Waals surface area (Å²) in [5, 5.41) is 33.8. The first-order chi connectivity index (χ1) is 18.4. The third kappa shape index (κ3) is 9.16. The molecule has 13 nitrogen and oxygen atoms in total. The van der Waals surface area contributed by atoms with Gasteiger partial charge in [0.15, 0.2) is 5.60 Å². The molecule has 2 aromatic heterocycles. The number of benzene rings is 1. The molecule has 3 rings (SSSR count). The molecule has 0 fully saturated rings. The Bertz CT molecular complexity index is 1240. The van der Waals surface area contributed by atoms with Gasteiger partial charge < -0.3 is 38.9 Å². The van der Waals surface area contributed by atoms with Crippen molar-refractivity contribution in [1.29, 1.82) is 0 Å². The number of aromatic nitrogens is 2. The smallest absolute Gasteiger partial charge is 0.336 e. The van der Waals surface area contributed by atoms with E-state index < -0.39 is 36.4 Å². The fourth-order valence-corrected chi connectivity index (χ4v) is 3.68. The maximum atomic E-state index is 10.3. The van der Waals surface area contributed by atoms with E-state index in [4.69, 9.17) is 34.3 Å². The molecule has 39 heavy (non-hydrogen) atoms. The zero-order chi connectivity index (χ0) is 29.2. The van der Waals surface area contributed by atoms with Crippen LogP contribution in [0, 0.1) is 6.92 Å². The predicted octanol–water partition coefficient (Wildman–Crippen LogP) is 2.29. The van der Waals surface area contributed by atoms with Crippen molar-refractivity contribution in [3.8, 4) is 11.5 Å². The quantitative estimate of drug-likeness (QED) is 0.245. The summed E-state index contributed by atoms with van der Waals surface area (Å²) in [4.78, 5) is 37.2. The third-order valence-electron chi connectivity index (χ3n) is 5.83. The fourth-order valence-electron chi connectivity index (χ4n) is 3.68. The van der Waals surface area contributed by atoms with E-state index in [1.165, 1.54) is 0 Å². The maximum Gasteiger partial charge on any atom is 0.336 e. The Hall–Kier alpha value is -4.36. The van der Waals surface area contributed by atoms with Crippen LogP contribution in [0.1, 0.15) is 35.7 Å². The minimum absolute atomic E-state index is 0.692. The molecule has 212 valence electrons. The van der Waals surface area contributed by atoms with E-state index in [1.54, 1.807) is 20.5 Å². The topological polar surface area (TPSA) is 185 Å². The van der Waals surface area contributed by atoms with Gasteiger partial charge >= 0.3 is 17.9 Å². The summed E-state index contributed by atoms with van der Waals surface area (Å²) < 4.78 is 18.6. The monoisotopic (exact) mass is 547 g/mol. The summed E-state index contributed by atoms with van der Waals surface area (Å²) in [5.41, 5.74) is -0.522. The van der Waals surface area contributed by atoms with Gasteiger partial charge in [-0.05, 0) is 37.3 Å². The first kappa shape index (κ1) is 30.9. The van der Waals surface area contributed by atoms with Crippen molar-refractivity contribution in [2.45, 2.75) is 45.0 Å². The van der Waals surface area contributed by atoms with Crippen LogP contribution in [0.25, 0.3) is 0 Å². The van der Waals surface area contributed by atoms with Crippen molar-refractivity contribution in [2.75, 3.05) is 14.2 Å². The van der Waals surface area contributed by atoms with E-state index >= 15 is 0 Å². The highest BCUT2D eigenvalue weighted by Crippen LogP contribution is 2.26. The summed E-state index contributed by atoms with van der Waals surface area (Å²) in [5.74, 6) is -1.44. The molecule has 0 amide bonds. The molecule has 0 atom stereocenters. The van der Waals surface area contributed by atoms with Crippen molar-refractivity contribution in [3.05, 3.63) is 65.6 Å². The molecule has 0 aliphatic carbocycles. The number of carboxylic acid groups (broad SMARTS) is 3. The number of methoxy groups -OCH3 is 2. The molecule has 2 heterocycles. The van der Waals surface area contributed by atoms with Gasteiger partial charge in [0.2, 0.25) is 0 Å². The highest BCUT2D eigenvalue weighted by Gasteiger charge is 2.40. The Morgan fingerprint density at radius 2 is 1.69 bits per heavy atom. The minimum Gasteiger partial charge on any atom is -0.497 e. The number of aliphatic carboxylic acids is 3. The summed E-state index contributed by atoms with van der Waals surface area (Å²) in [6.45, 7) is 4.15. The average molecular weight is 548 g/mol. The number of imidazole rings is 1. The van der Waals surface area contributed by atoms with Gasteiger partial charge in [0.1, 0.15) is 23.1 Å². The van der Waals surface area contributed by atoms with Crippen LogP contribution in [-0.2, 0) is 41.1 Å². The number of hydrogen-bond acceptors (Lipinski definition) is 9. The summed E-state index contributed by atoms with van der Waals surface area (Å²) in [7, 11) is 5.39. The van der Waals surface area contributed by atoms with Crippen molar-refractivity contribution >= 4 is 17.9 Å². The van der Waals surface area contributed by atoms with Gasteiger partial charge in [-0.15, -0.1) is 0 Å². The van der Waals surface area contributed by atoms with Crippen LogP contribution >= 0.6 is 0 Å². The number of ether oxygens (including phenoxy) is 2. The van der Waals surface area contributed by atoms with Crippen LogP contribution in [0.4, 0.5) is 0 Å². The van der Waals surface area contributed by atoms with Crippen molar-refractivity contribution < 1.29 is 48.7 Å². The molecule has 0 bridgehead atoms. The molecular weight excluding hydrogens is 514 g/mol. The van der Waals surface area contributed by atoms with Crippen molar-refractivity contribution in [2.24, 2.45) is 7.05 Å². The van der Waals surface area contributed by atoms with Gasteiger partial charge in [-0.3, -0.25) is 14.5 Å². The molecule has 4 N–H and O–H groups in total. The second-order valence-electron chi connectivity index (χ2n) is 8.74. The van der Waals surface area contributed by atoms with Crippen LogP contribution in [0.5, 0.6) is 11.5 Å². The highest BCUT2D eigenvalue weighted by atomic mass is 16.5. The summed E-state index contributed by atoms with van der Waals surface area (Å²) >= 11 is 0. The summed E-state index contributed by atoms with van der Waals surface area (Å²) in [6, 6.07) is 9.76. The largest absolute Gasteiger partial charge is 0.497 e. The Morgan fingerprint density at radius 1 is 1.03 bits per heavy atom. The van der Waals surface area contributed by atoms with E-state index in [0.717, 1.165) is 40.9 Å². The van der Waals surface area contributed by atoms with E-state index in [9.17, 15) is 14.4 Å². The molecule has 1 aromatic carbocycles. The van der Waals surface area contributed by atoms with Gasteiger partial charge in [-0.2, -0.15) is 0 Å². The number of aliphatic hydroxyl groups is 1. The van der Waals surface area contributed by atoms with E-state index in [-0.39, 0.29) is 0 Å². The SMILES string of the molecule is COc1ccc(OC)c(CN(Cc2ccco2)Cc2cnc(C)n2C)c1.O=C(O)CC(O)(CC(=O)O)C(=O)O. The molecule has 0 aliphatic heterocycles. The average Bonchev–Trinajstić information content (AvgIpc) is 3.48. The third-order valence-corrected chi connectivity index (χ3v) is 5.83. The van der Waals surface area contributed by atoms with Crippen LogP contribution in [0.3, 0.4) is 0 Å². The lowest BCUT2D eigenvalue weighted by Crippen LogP contribution is -2.42. The molecule has 0 aliphatic rings. The molecule has 0 radical (unpaired) electrons. The summed E-state index contributed by atoms with van der Waals surface area (Å²) in [6.07, 6.45) is 1.34. The van der Waals surface area contributed by atoms with Crippen molar-refractivity contribution in [3.63, 3.8) is 0 Å². The molecule has 0 saturated heterocycles. The molecule has 13 heteroatoms. The lowest BCUT2D eigenvalue weighted by atomic mass is 9.96. The number of hydrogen-bond donors (Lipinski definition) is 4. The number of furan rings is 1. The van der Waals surface area contributed by atoms with Gasteiger partial charge in [0.25, 0.3) is 0 Å². The standard InChI is InChI=1S/C20H25N3O3.C6H8O7/c1-15-21-11-17(22(15)2)13-23(14-19-6-5-9-26-19)12-16-10-18(24-3)7-8-20(16)25-4;7-3(8)1-6(13,5(11)12)2-4(9)10/h5-11H,12-14H2,1-4H3;13H,1-2H2,(H,7,8)(H,9,10)(H,11,12). The predicted molar refractivity (Wildman–Crippen MR) is 136 cm³/mol. The number of carbonyl (C=O) groups is 3. The number of rotatable bonds is 13. The molecular formula is C26H33N3O10. The van der Waals surface area contributed by atoms with Crippen LogP contribution in [-0.4, -0.2) is 72.6 Å². The maximum absolute atomic E-state index is 10.3. The second-order valence-corrected chi connectivity index (χ2v) is 8.74. The van der Waals surface area contributed by atoms with Crippen LogP contribution in [0.15, 0.2) is 47.2 Å². The number of carboxylic acids is 3. The normalized spacial score (nSPS) is 11.0. The Balaban J connectivity index is 0.000000349.